The SMILES string of the molecule is CCCCOc1ccc(C(=O)O)nc1.CCCCc1ccc(C(=O)O)nc1. The highest BCUT2D eigenvalue weighted by atomic mass is 16.5. The van der Waals surface area contributed by atoms with E-state index in [0.29, 0.717) is 12.4 Å². The first kappa shape index (κ1) is 22.1. The largest absolute Gasteiger partial charge is 0.492 e. The van der Waals surface area contributed by atoms with Crippen LogP contribution < -0.4 is 4.74 Å². The second-order valence-electron chi connectivity index (χ2n) is 5.85. The van der Waals surface area contributed by atoms with Crippen LogP contribution in [0.4, 0.5) is 0 Å². The number of nitrogens with zero attached hydrogens (tertiary/aromatic N) is 2. The second-order valence-corrected chi connectivity index (χ2v) is 5.85. The molecule has 7 heteroatoms. The average Bonchev–Trinajstić information content (AvgIpc) is 2.68. The van der Waals surface area contributed by atoms with Gasteiger partial charge in [0, 0.05) is 6.20 Å². The number of aryl methyl sites for hydroxylation is 1. The summed E-state index contributed by atoms with van der Waals surface area (Å²) in [5.41, 5.74) is 1.25. The van der Waals surface area contributed by atoms with Crippen LogP contribution in [-0.4, -0.2) is 38.7 Å². The summed E-state index contributed by atoms with van der Waals surface area (Å²) in [6.45, 7) is 4.85. The summed E-state index contributed by atoms with van der Waals surface area (Å²) in [4.78, 5) is 28.5. The number of rotatable bonds is 9. The lowest BCUT2D eigenvalue weighted by atomic mass is 10.1. The zero-order valence-corrected chi connectivity index (χ0v) is 15.7. The minimum Gasteiger partial charge on any atom is -0.492 e. The molecule has 0 aromatic carbocycles. The molecule has 2 rings (SSSR count). The summed E-state index contributed by atoms with van der Waals surface area (Å²) >= 11 is 0. The van der Waals surface area contributed by atoms with Crippen LogP contribution in [0, 0.1) is 0 Å². The Balaban J connectivity index is 0.000000271. The Bertz CT molecular complexity index is 699. The zero-order chi connectivity index (χ0) is 20.1. The molecule has 0 aliphatic carbocycles. The molecule has 0 radical (unpaired) electrons. The molecule has 2 aromatic heterocycles. The van der Waals surface area contributed by atoms with Crippen LogP contribution in [0.5, 0.6) is 5.75 Å². The smallest absolute Gasteiger partial charge is 0.354 e. The molecular formula is C20H26N2O5. The molecule has 0 spiro atoms. The normalized spacial score (nSPS) is 9.85. The van der Waals surface area contributed by atoms with Gasteiger partial charge in [0.2, 0.25) is 0 Å². The van der Waals surface area contributed by atoms with Crippen molar-refractivity contribution in [3.63, 3.8) is 0 Å². The molecule has 2 N–H and O–H groups in total. The predicted octanol–water partition coefficient (Wildman–Crippen LogP) is 4.08. The molecule has 7 nitrogen and oxygen atoms in total. The first-order valence-corrected chi connectivity index (χ1v) is 8.98. The van der Waals surface area contributed by atoms with Gasteiger partial charge in [-0.25, -0.2) is 19.6 Å². The molecule has 146 valence electrons. The number of hydrogen-bond acceptors (Lipinski definition) is 5. The highest BCUT2D eigenvalue weighted by Gasteiger charge is 2.04. The topological polar surface area (TPSA) is 110 Å². The van der Waals surface area contributed by atoms with Gasteiger partial charge in [-0.15, -0.1) is 0 Å². The van der Waals surface area contributed by atoms with E-state index in [1.807, 2.05) is 6.07 Å². The van der Waals surface area contributed by atoms with Crippen molar-refractivity contribution in [3.8, 4) is 5.75 Å². The third-order valence-corrected chi connectivity index (χ3v) is 3.58. The van der Waals surface area contributed by atoms with Gasteiger partial charge in [-0.05, 0) is 43.0 Å². The van der Waals surface area contributed by atoms with E-state index >= 15 is 0 Å². The monoisotopic (exact) mass is 374 g/mol. The fourth-order valence-corrected chi connectivity index (χ4v) is 2.01. The van der Waals surface area contributed by atoms with Crippen LogP contribution in [0.2, 0.25) is 0 Å². The van der Waals surface area contributed by atoms with Crippen LogP contribution in [0.3, 0.4) is 0 Å². The van der Waals surface area contributed by atoms with Gasteiger partial charge in [-0.1, -0.05) is 32.8 Å². The van der Waals surface area contributed by atoms with Crippen molar-refractivity contribution in [2.24, 2.45) is 0 Å². The maximum atomic E-state index is 10.5. The minimum atomic E-state index is -1.02. The maximum absolute atomic E-state index is 10.5. The molecule has 0 aliphatic rings. The molecule has 0 saturated carbocycles. The Labute approximate surface area is 159 Å². The fraction of sp³-hybridized carbons (Fsp3) is 0.400. The van der Waals surface area contributed by atoms with Crippen LogP contribution in [0.25, 0.3) is 0 Å². The Kier molecular flexibility index (Phi) is 10.1. The maximum Gasteiger partial charge on any atom is 0.354 e. The van der Waals surface area contributed by atoms with Crippen LogP contribution >= 0.6 is 0 Å². The number of aromatic carboxylic acids is 2. The number of pyridine rings is 2. The van der Waals surface area contributed by atoms with E-state index in [9.17, 15) is 9.59 Å². The van der Waals surface area contributed by atoms with E-state index in [1.165, 1.54) is 12.3 Å². The van der Waals surface area contributed by atoms with Gasteiger partial charge in [0.05, 0.1) is 12.8 Å². The first-order chi connectivity index (χ1) is 13.0. The lowest BCUT2D eigenvalue weighted by Crippen LogP contribution is -2.01. The van der Waals surface area contributed by atoms with Crippen molar-refractivity contribution in [2.75, 3.05) is 6.61 Å². The number of unbranched alkanes of at least 4 members (excludes halogenated alkanes) is 2. The molecule has 27 heavy (non-hydrogen) atoms. The van der Waals surface area contributed by atoms with Gasteiger partial charge in [0.1, 0.15) is 17.1 Å². The Morgan fingerprint density at radius 2 is 1.48 bits per heavy atom. The fourth-order valence-electron chi connectivity index (χ4n) is 2.01. The average molecular weight is 374 g/mol. The van der Waals surface area contributed by atoms with Crippen molar-refractivity contribution < 1.29 is 24.5 Å². The van der Waals surface area contributed by atoms with Gasteiger partial charge in [-0.2, -0.15) is 0 Å². The first-order valence-electron chi connectivity index (χ1n) is 8.98. The van der Waals surface area contributed by atoms with Gasteiger partial charge in [0.15, 0.2) is 0 Å². The van der Waals surface area contributed by atoms with Crippen molar-refractivity contribution in [1.29, 1.82) is 0 Å². The van der Waals surface area contributed by atoms with Crippen molar-refractivity contribution in [1.82, 2.24) is 9.97 Å². The molecule has 0 amide bonds. The van der Waals surface area contributed by atoms with Crippen LogP contribution in [-0.2, 0) is 6.42 Å². The molecule has 0 unspecified atom stereocenters. The van der Waals surface area contributed by atoms with E-state index in [-0.39, 0.29) is 11.4 Å². The number of carboxylic acids is 2. The van der Waals surface area contributed by atoms with E-state index < -0.39 is 11.9 Å². The lowest BCUT2D eigenvalue weighted by Gasteiger charge is -2.03. The van der Waals surface area contributed by atoms with Gasteiger partial charge in [0.25, 0.3) is 0 Å². The van der Waals surface area contributed by atoms with E-state index in [4.69, 9.17) is 14.9 Å². The Hall–Kier alpha value is -2.96. The van der Waals surface area contributed by atoms with Gasteiger partial charge >= 0.3 is 11.9 Å². The second kappa shape index (κ2) is 12.4. The number of aromatic nitrogens is 2. The van der Waals surface area contributed by atoms with Crippen molar-refractivity contribution in [3.05, 3.63) is 53.6 Å². The van der Waals surface area contributed by atoms with E-state index in [0.717, 1.165) is 37.7 Å². The summed E-state index contributed by atoms with van der Waals surface area (Å²) in [7, 11) is 0. The van der Waals surface area contributed by atoms with E-state index in [2.05, 4.69) is 23.8 Å². The summed E-state index contributed by atoms with van der Waals surface area (Å²) < 4.78 is 5.33. The molecule has 0 saturated heterocycles. The number of hydrogen-bond donors (Lipinski definition) is 2. The van der Waals surface area contributed by atoms with Gasteiger partial charge < -0.3 is 14.9 Å². The van der Waals surface area contributed by atoms with Gasteiger partial charge in [-0.3, -0.25) is 0 Å². The number of carbonyl (C=O) groups is 2. The quantitative estimate of drug-likeness (QED) is 0.636. The summed E-state index contributed by atoms with van der Waals surface area (Å²) in [6, 6.07) is 6.43. The van der Waals surface area contributed by atoms with E-state index in [1.54, 1.807) is 18.3 Å². The van der Waals surface area contributed by atoms with Crippen molar-refractivity contribution >= 4 is 11.9 Å². The molecule has 2 aromatic rings. The van der Waals surface area contributed by atoms with Crippen LogP contribution in [0.15, 0.2) is 36.7 Å². The number of ether oxygens (including phenoxy) is 1. The molecule has 0 atom stereocenters. The minimum absolute atomic E-state index is 0.0350. The van der Waals surface area contributed by atoms with Crippen molar-refractivity contribution in [2.45, 2.75) is 46.0 Å². The molecule has 0 aliphatic heterocycles. The zero-order valence-electron chi connectivity index (χ0n) is 15.7. The Morgan fingerprint density at radius 1 is 0.889 bits per heavy atom. The summed E-state index contributed by atoms with van der Waals surface area (Å²) in [5, 5.41) is 17.2. The molecule has 0 fully saturated rings. The predicted molar refractivity (Wildman–Crippen MR) is 101 cm³/mol. The summed E-state index contributed by atoms with van der Waals surface area (Å²) in [6.07, 6.45) is 8.36. The lowest BCUT2D eigenvalue weighted by molar-refractivity contribution is 0.0679. The Morgan fingerprint density at radius 3 is 1.93 bits per heavy atom. The molecule has 2 heterocycles. The standard InChI is InChI=1S/C10H13NO3.C10H13NO2/c1-2-3-6-14-8-4-5-9(10(12)13)11-7-8;1-2-3-4-8-5-6-9(10(12)13)11-7-8/h4-5,7H,2-3,6H2,1H3,(H,12,13);5-7H,2-4H2,1H3,(H,12,13). The molecule has 0 bridgehead atoms. The summed E-state index contributed by atoms with van der Waals surface area (Å²) in [5.74, 6) is -1.38. The highest BCUT2D eigenvalue weighted by molar-refractivity contribution is 5.85. The third-order valence-electron chi connectivity index (χ3n) is 3.58. The third kappa shape index (κ3) is 8.80. The highest BCUT2D eigenvalue weighted by Crippen LogP contribution is 2.09. The number of carboxylic acid groups (broad SMARTS) is 2. The molecular weight excluding hydrogens is 348 g/mol. The van der Waals surface area contributed by atoms with Crippen LogP contribution in [0.1, 0.15) is 66.1 Å².